The minimum atomic E-state index is -0.489. The van der Waals surface area contributed by atoms with Gasteiger partial charge in [0.2, 0.25) is 0 Å². The predicted molar refractivity (Wildman–Crippen MR) is 87.7 cm³/mol. The molecule has 0 amide bonds. The Hall–Kier alpha value is -1.07. The number of nitrogens with zero attached hydrogens (tertiary/aromatic N) is 1. The molecule has 1 aliphatic rings. The number of nitrogen functional groups attached to an aromatic ring is 1. The maximum Gasteiger partial charge on any atom is 0.341 e. The molecule has 0 radical (unpaired) electrons. The molecule has 0 saturated heterocycles. The molecule has 2 rings (SSSR count). The number of anilines is 1. The molecule has 1 aliphatic heterocycles. The molecule has 0 bridgehead atoms. The topological polar surface area (TPSA) is 55.6 Å². The van der Waals surface area contributed by atoms with Gasteiger partial charge in [0.1, 0.15) is 10.6 Å². The van der Waals surface area contributed by atoms with E-state index < -0.39 is 5.60 Å². The Balaban J connectivity index is 2.20. The molecule has 0 aromatic carbocycles. The summed E-state index contributed by atoms with van der Waals surface area (Å²) in [6, 6.07) is 0. The van der Waals surface area contributed by atoms with Gasteiger partial charge in [-0.25, -0.2) is 4.79 Å². The first-order valence-electron chi connectivity index (χ1n) is 7.53. The van der Waals surface area contributed by atoms with E-state index in [1.807, 2.05) is 20.8 Å². The molecule has 0 aliphatic carbocycles. The second-order valence-electron chi connectivity index (χ2n) is 7.12. The lowest BCUT2D eigenvalue weighted by Gasteiger charge is -2.28. The van der Waals surface area contributed by atoms with Crippen LogP contribution in [0.2, 0.25) is 0 Å². The fraction of sp³-hybridized carbons (Fsp3) is 0.688. The van der Waals surface area contributed by atoms with E-state index in [0.717, 1.165) is 31.6 Å². The van der Waals surface area contributed by atoms with E-state index in [2.05, 4.69) is 18.7 Å². The van der Waals surface area contributed by atoms with Gasteiger partial charge in [-0.2, -0.15) is 0 Å². The standard InChI is InChI=1S/C16H26N2O2S/c1-10(2)8-18-7-6-11-12(9-18)21-14(17)13(11)15(19)20-16(3,4)5/h10H,6-9,17H2,1-5H3. The molecule has 0 saturated carbocycles. The lowest BCUT2D eigenvalue weighted by atomic mass is 10.0. The molecule has 0 fully saturated rings. The van der Waals surface area contributed by atoms with Gasteiger partial charge in [-0.3, -0.25) is 4.90 Å². The fourth-order valence-electron chi connectivity index (χ4n) is 2.70. The molecular weight excluding hydrogens is 284 g/mol. The summed E-state index contributed by atoms with van der Waals surface area (Å²) in [4.78, 5) is 16.0. The second-order valence-corrected chi connectivity index (χ2v) is 8.26. The Kier molecular flexibility index (Phi) is 4.63. The maximum atomic E-state index is 12.4. The van der Waals surface area contributed by atoms with Crippen LogP contribution >= 0.6 is 11.3 Å². The van der Waals surface area contributed by atoms with Crippen molar-refractivity contribution in [3.05, 3.63) is 16.0 Å². The zero-order chi connectivity index (χ0) is 15.8. The van der Waals surface area contributed by atoms with Crippen molar-refractivity contribution in [2.24, 2.45) is 5.92 Å². The Morgan fingerprint density at radius 1 is 1.43 bits per heavy atom. The van der Waals surface area contributed by atoms with Crippen LogP contribution in [0.3, 0.4) is 0 Å². The number of hydrogen-bond donors (Lipinski definition) is 1. The van der Waals surface area contributed by atoms with Gasteiger partial charge in [-0.15, -0.1) is 11.3 Å². The summed E-state index contributed by atoms with van der Waals surface area (Å²) in [5.74, 6) is 0.365. The smallest absolute Gasteiger partial charge is 0.341 e. The van der Waals surface area contributed by atoms with Crippen molar-refractivity contribution in [2.45, 2.75) is 53.2 Å². The third-order valence-corrected chi connectivity index (χ3v) is 4.44. The van der Waals surface area contributed by atoms with Crippen molar-refractivity contribution in [2.75, 3.05) is 18.8 Å². The van der Waals surface area contributed by atoms with E-state index in [0.29, 0.717) is 16.5 Å². The molecule has 5 heteroatoms. The van der Waals surface area contributed by atoms with Crippen LogP contribution in [0.4, 0.5) is 5.00 Å². The highest BCUT2D eigenvalue weighted by Crippen LogP contribution is 2.36. The summed E-state index contributed by atoms with van der Waals surface area (Å²) in [6.07, 6.45) is 0.879. The molecule has 21 heavy (non-hydrogen) atoms. The quantitative estimate of drug-likeness (QED) is 0.870. The van der Waals surface area contributed by atoms with Gasteiger partial charge in [0.05, 0.1) is 5.56 Å². The molecular formula is C16H26N2O2S. The van der Waals surface area contributed by atoms with Crippen LogP contribution in [0.5, 0.6) is 0 Å². The number of ether oxygens (including phenoxy) is 1. The van der Waals surface area contributed by atoms with Gasteiger partial charge in [0, 0.05) is 24.5 Å². The Morgan fingerprint density at radius 3 is 2.67 bits per heavy atom. The molecule has 1 aromatic heterocycles. The van der Waals surface area contributed by atoms with E-state index in [-0.39, 0.29) is 5.97 Å². The summed E-state index contributed by atoms with van der Waals surface area (Å²) in [6.45, 7) is 13.1. The zero-order valence-electron chi connectivity index (χ0n) is 13.7. The number of esters is 1. The van der Waals surface area contributed by atoms with Gasteiger partial charge >= 0.3 is 5.97 Å². The van der Waals surface area contributed by atoms with E-state index >= 15 is 0 Å². The highest BCUT2D eigenvalue weighted by Gasteiger charge is 2.29. The van der Waals surface area contributed by atoms with E-state index in [1.54, 1.807) is 0 Å². The van der Waals surface area contributed by atoms with Crippen molar-refractivity contribution in [1.82, 2.24) is 4.90 Å². The first-order valence-corrected chi connectivity index (χ1v) is 8.34. The Bertz CT molecular complexity index is 529. The van der Waals surface area contributed by atoms with Crippen LogP contribution in [-0.4, -0.2) is 29.6 Å². The van der Waals surface area contributed by atoms with Gasteiger partial charge in [0.25, 0.3) is 0 Å². The van der Waals surface area contributed by atoms with E-state index in [1.165, 1.54) is 16.2 Å². The van der Waals surface area contributed by atoms with Gasteiger partial charge in [0.15, 0.2) is 0 Å². The number of carbonyl (C=O) groups is 1. The summed E-state index contributed by atoms with van der Waals surface area (Å²) in [5.41, 5.74) is 7.31. The minimum Gasteiger partial charge on any atom is -0.456 e. The van der Waals surface area contributed by atoms with Crippen LogP contribution in [0.25, 0.3) is 0 Å². The van der Waals surface area contributed by atoms with Crippen molar-refractivity contribution in [1.29, 1.82) is 0 Å². The number of fused-ring (bicyclic) bond motifs is 1. The van der Waals surface area contributed by atoms with Crippen LogP contribution in [0.1, 0.15) is 55.4 Å². The number of rotatable bonds is 3. The van der Waals surface area contributed by atoms with Gasteiger partial charge in [-0.05, 0) is 38.7 Å². The van der Waals surface area contributed by atoms with Gasteiger partial charge in [-0.1, -0.05) is 13.8 Å². The van der Waals surface area contributed by atoms with Gasteiger partial charge < -0.3 is 10.5 Å². The highest BCUT2D eigenvalue weighted by atomic mass is 32.1. The molecule has 0 unspecified atom stereocenters. The lowest BCUT2D eigenvalue weighted by molar-refractivity contribution is 0.00695. The lowest BCUT2D eigenvalue weighted by Crippen LogP contribution is -2.33. The summed E-state index contributed by atoms with van der Waals surface area (Å²) in [5, 5.41) is 0.598. The first-order chi connectivity index (χ1) is 9.67. The van der Waals surface area contributed by atoms with Crippen LogP contribution in [0.15, 0.2) is 0 Å². The van der Waals surface area contributed by atoms with Crippen molar-refractivity contribution in [3.8, 4) is 0 Å². The van der Waals surface area contributed by atoms with E-state index in [4.69, 9.17) is 10.5 Å². The van der Waals surface area contributed by atoms with E-state index in [9.17, 15) is 4.79 Å². The average Bonchev–Trinajstić information content (AvgIpc) is 2.60. The maximum absolute atomic E-state index is 12.4. The molecule has 1 aromatic rings. The highest BCUT2D eigenvalue weighted by molar-refractivity contribution is 7.16. The third-order valence-electron chi connectivity index (χ3n) is 3.39. The van der Waals surface area contributed by atoms with Crippen LogP contribution < -0.4 is 5.73 Å². The molecule has 118 valence electrons. The zero-order valence-corrected chi connectivity index (χ0v) is 14.5. The van der Waals surface area contributed by atoms with Crippen molar-refractivity contribution >= 4 is 22.3 Å². The average molecular weight is 310 g/mol. The summed E-state index contributed by atoms with van der Waals surface area (Å²) in [7, 11) is 0. The normalized spacial score (nSPS) is 16.1. The van der Waals surface area contributed by atoms with Crippen LogP contribution in [-0.2, 0) is 17.7 Å². The molecule has 0 spiro atoms. The fourth-order valence-corrected chi connectivity index (χ4v) is 3.85. The summed E-state index contributed by atoms with van der Waals surface area (Å²) >= 11 is 1.54. The number of thiophene rings is 1. The summed E-state index contributed by atoms with van der Waals surface area (Å²) < 4.78 is 5.49. The number of hydrogen-bond acceptors (Lipinski definition) is 5. The molecule has 2 N–H and O–H groups in total. The molecule has 0 atom stereocenters. The SMILES string of the molecule is CC(C)CN1CCc2c(sc(N)c2C(=O)OC(C)(C)C)C1. The molecule has 2 heterocycles. The Morgan fingerprint density at radius 2 is 2.10 bits per heavy atom. The number of nitrogens with two attached hydrogens (primary N) is 1. The minimum absolute atomic E-state index is 0.283. The van der Waals surface area contributed by atoms with Crippen LogP contribution in [0, 0.1) is 5.92 Å². The first kappa shape index (κ1) is 16.3. The number of carbonyl (C=O) groups excluding carboxylic acids is 1. The third kappa shape index (κ3) is 3.98. The molecule has 4 nitrogen and oxygen atoms in total. The monoisotopic (exact) mass is 310 g/mol. The second kappa shape index (κ2) is 5.97. The largest absolute Gasteiger partial charge is 0.456 e. The van der Waals surface area contributed by atoms with Crippen molar-refractivity contribution in [3.63, 3.8) is 0 Å². The predicted octanol–water partition coefficient (Wildman–Crippen LogP) is 3.30. The Labute approximate surface area is 131 Å². The van der Waals surface area contributed by atoms with Crippen molar-refractivity contribution < 1.29 is 9.53 Å².